The fourth-order valence-electron chi connectivity index (χ4n) is 3.72. The Balaban J connectivity index is 1.52. The fourth-order valence-corrected chi connectivity index (χ4v) is 3.72. The van der Waals surface area contributed by atoms with Crippen LogP contribution in [-0.4, -0.2) is 17.9 Å². The third kappa shape index (κ3) is 7.18. The van der Waals surface area contributed by atoms with Gasteiger partial charge in [0, 0.05) is 6.42 Å². The maximum atomic E-state index is 14.0. The Morgan fingerprint density at radius 3 is 1.89 bits per heavy atom. The lowest BCUT2D eigenvalue weighted by atomic mass is 10.0. The van der Waals surface area contributed by atoms with Crippen molar-refractivity contribution in [2.24, 2.45) is 5.73 Å². The minimum absolute atomic E-state index is 0.0934. The summed E-state index contributed by atoms with van der Waals surface area (Å²) in [5.74, 6) is -1.11. The van der Waals surface area contributed by atoms with Crippen LogP contribution >= 0.6 is 0 Å². The van der Waals surface area contributed by atoms with E-state index in [1.807, 2.05) is 60.7 Å². The highest BCUT2D eigenvalue weighted by Gasteiger charge is 2.22. The van der Waals surface area contributed by atoms with Gasteiger partial charge in [0.2, 0.25) is 5.91 Å². The van der Waals surface area contributed by atoms with Crippen LogP contribution < -0.4 is 20.5 Å². The van der Waals surface area contributed by atoms with Crippen molar-refractivity contribution in [1.29, 1.82) is 0 Å². The van der Waals surface area contributed by atoms with Crippen molar-refractivity contribution in [3.05, 3.63) is 131 Å². The number of benzene rings is 4. The normalized spacial score (nSPS) is 11.4. The summed E-state index contributed by atoms with van der Waals surface area (Å²) in [6.45, 7) is 0.666. The lowest BCUT2D eigenvalue weighted by molar-refractivity contribution is -0.119. The highest BCUT2D eigenvalue weighted by molar-refractivity contribution is 5.97. The third-order valence-corrected chi connectivity index (χ3v) is 5.69. The van der Waals surface area contributed by atoms with Crippen molar-refractivity contribution in [1.82, 2.24) is 5.32 Å². The van der Waals surface area contributed by atoms with E-state index in [0.717, 1.165) is 11.1 Å². The van der Waals surface area contributed by atoms with E-state index in [1.165, 1.54) is 18.2 Å². The maximum absolute atomic E-state index is 14.0. The molecular formula is C30H27FN2O4. The molecule has 6 nitrogen and oxygen atoms in total. The molecule has 0 bridgehead atoms. The van der Waals surface area contributed by atoms with Crippen LogP contribution in [-0.2, 0) is 24.4 Å². The summed E-state index contributed by atoms with van der Waals surface area (Å²) in [5.41, 5.74) is 8.07. The van der Waals surface area contributed by atoms with E-state index >= 15 is 0 Å². The van der Waals surface area contributed by atoms with Crippen LogP contribution in [0.15, 0.2) is 103 Å². The van der Waals surface area contributed by atoms with Crippen LogP contribution in [0.3, 0.4) is 0 Å². The molecule has 37 heavy (non-hydrogen) atoms. The number of carbonyl (C=O) groups is 2. The van der Waals surface area contributed by atoms with E-state index in [1.54, 1.807) is 24.3 Å². The Kier molecular flexibility index (Phi) is 8.49. The van der Waals surface area contributed by atoms with Crippen LogP contribution in [0, 0.1) is 5.82 Å². The number of primary amides is 1. The second-order valence-corrected chi connectivity index (χ2v) is 8.44. The molecule has 4 rings (SSSR count). The Labute approximate surface area is 214 Å². The molecule has 0 heterocycles. The molecular weight excluding hydrogens is 471 g/mol. The Morgan fingerprint density at radius 2 is 1.30 bits per heavy atom. The van der Waals surface area contributed by atoms with Gasteiger partial charge in [-0.25, -0.2) is 4.39 Å². The van der Waals surface area contributed by atoms with Crippen molar-refractivity contribution in [3.8, 4) is 11.5 Å². The van der Waals surface area contributed by atoms with E-state index in [4.69, 9.17) is 15.2 Å². The molecule has 0 unspecified atom stereocenters. The van der Waals surface area contributed by atoms with E-state index in [2.05, 4.69) is 5.32 Å². The molecule has 2 amide bonds. The maximum Gasteiger partial charge on any atom is 0.254 e. The first-order valence-corrected chi connectivity index (χ1v) is 11.8. The lowest BCUT2D eigenvalue weighted by Gasteiger charge is -2.18. The summed E-state index contributed by atoms with van der Waals surface area (Å²) in [7, 11) is 0. The smallest absolute Gasteiger partial charge is 0.254 e. The fraction of sp³-hybridized carbons (Fsp3) is 0.133. The Bertz CT molecular complexity index is 1350. The average Bonchev–Trinajstić information content (AvgIpc) is 2.92. The molecule has 4 aromatic rings. The van der Waals surface area contributed by atoms with E-state index < -0.39 is 23.7 Å². The second-order valence-electron chi connectivity index (χ2n) is 8.44. The molecule has 0 fully saturated rings. The van der Waals surface area contributed by atoms with Crippen molar-refractivity contribution >= 4 is 11.8 Å². The number of ether oxygens (including phenoxy) is 2. The number of amides is 2. The third-order valence-electron chi connectivity index (χ3n) is 5.69. The standard InChI is InChI=1S/C30H27FN2O4/c31-25-14-8-7-13-24(25)30(35)33-26(29(32)34)17-23-15-16-27(36-19-21-9-3-1-4-10-21)28(18-23)37-20-22-11-5-2-6-12-22/h1-16,18,26H,17,19-20H2,(H2,32,34)(H,33,35)/t26-/m0/s1. The zero-order valence-corrected chi connectivity index (χ0v) is 20.1. The number of hydrogen-bond donors (Lipinski definition) is 2. The van der Waals surface area contributed by atoms with Crippen LogP contribution in [0.1, 0.15) is 27.0 Å². The van der Waals surface area contributed by atoms with Gasteiger partial charge in [0.1, 0.15) is 25.1 Å². The summed E-state index contributed by atoms with van der Waals surface area (Å²) in [6, 6.07) is 29.2. The van der Waals surface area contributed by atoms with Crippen LogP contribution in [0.25, 0.3) is 0 Å². The monoisotopic (exact) mass is 498 g/mol. The number of halogens is 1. The second kappa shape index (κ2) is 12.4. The number of carbonyl (C=O) groups excluding carboxylic acids is 2. The molecule has 7 heteroatoms. The molecule has 0 aliphatic rings. The summed E-state index contributed by atoms with van der Waals surface area (Å²) in [4.78, 5) is 24.7. The van der Waals surface area contributed by atoms with Gasteiger partial charge in [0.15, 0.2) is 11.5 Å². The van der Waals surface area contributed by atoms with Crippen molar-refractivity contribution in [2.45, 2.75) is 25.7 Å². The first-order valence-electron chi connectivity index (χ1n) is 11.8. The van der Waals surface area contributed by atoms with Gasteiger partial charge in [-0.15, -0.1) is 0 Å². The van der Waals surface area contributed by atoms with Crippen molar-refractivity contribution in [3.63, 3.8) is 0 Å². The molecule has 0 aromatic heterocycles. The first kappa shape index (κ1) is 25.4. The molecule has 0 aliphatic carbocycles. The van der Waals surface area contributed by atoms with Gasteiger partial charge >= 0.3 is 0 Å². The van der Waals surface area contributed by atoms with Crippen molar-refractivity contribution < 1.29 is 23.5 Å². The SMILES string of the molecule is NC(=O)[C@H](Cc1ccc(OCc2ccccc2)c(OCc2ccccc2)c1)NC(=O)c1ccccc1F. The highest BCUT2D eigenvalue weighted by Crippen LogP contribution is 2.30. The van der Waals surface area contributed by atoms with Crippen molar-refractivity contribution in [2.75, 3.05) is 0 Å². The van der Waals surface area contributed by atoms with Crippen LogP contribution in [0.5, 0.6) is 11.5 Å². The number of hydrogen-bond acceptors (Lipinski definition) is 4. The summed E-state index contributed by atoms with van der Waals surface area (Å²) >= 11 is 0. The molecule has 0 saturated heterocycles. The Morgan fingerprint density at radius 1 is 0.730 bits per heavy atom. The van der Waals surface area contributed by atoms with Crippen LogP contribution in [0.2, 0.25) is 0 Å². The molecule has 1 atom stereocenters. The summed E-state index contributed by atoms with van der Waals surface area (Å²) in [5, 5.41) is 2.54. The molecule has 188 valence electrons. The van der Waals surface area contributed by atoms with E-state index in [0.29, 0.717) is 30.3 Å². The molecule has 4 aromatic carbocycles. The molecule has 0 aliphatic heterocycles. The number of nitrogens with one attached hydrogen (secondary N) is 1. The quantitative estimate of drug-likeness (QED) is 0.311. The van der Waals surface area contributed by atoms with Gasteiger partial charge in [0.05, 0.1) is 5.56 Å². The minimum atomic E-state index is -1.05. The lowest BCUT2D eigenvalue weighted by Crippen LogP contribution is -2.46. The van der Waals surface area contributed by atoms with Gasteiger partial charge in [-0.2, -0.15) is 0 Å². The number of rotatable bonds is 11. The number of nitrogens with two attached hydrogens (primary N) is 1. The zero-order chi connectivity index (χ0) is 26.0. The summed E-state index contributed by atoms with van der Waals surface area (Å²) in [6.07, 6.45) is 0.0934. The molecule has 0 saturated carbocycles. The minimum Gasteiger partial charge on any atom is -0.485 e. The van der Waals surface area contributed by atoms with Gasteiger partial charge in [0.25, 0.3) is 5.91 Å². The van der Waals surface area contributed by atoms with Gasteiger partial charge in [-0.3, -0.25) is 9.59 Å². The van der Waals surface area contributed by atoms with E-state index in [-0.39, 0.29) is 12.0 Å². The van der Waals surface area contributed by atoms with Gasteiger partial charge in [-0.05, 0) is 41.0 Å². The predicted molar refractivity (Wildman–Crippen MR) is 139 cm³/mol. The largest absolute Gasteiger partial charge is 0.485 e. The predicted octanol–water partition coefficient (Wildman–Crippen LogP) is 4.81. The molecule has 3 N–H and O–H groups in total. The van der Waals surface area contributed by atoms with Crippen LogP contribution in [0.4, 0.5) is 4.39 Å². The van der Waals surface area contributed by atoms with E-state index in [9.17, 15) is 14.0 Å². The van der Waals surface area contributed by atoms with Gasteiger partial charge < -0.3 is 20.5 Å². The first-order chi connectivity index (χ1) is 18.0. The molecule has 0 radical (unpaired) electrons. The zero-order valence-electron chi connectivity index (χ0n) is 20.1. The average molecular weight is 499 g/mol. The highest BCUT2D eigenvalue weighted by atomic mass is 19.1. The summed E-state index contributed by atoms with van der Waals surface area (Å²) < 4.78 is 26.1. The Hall–Kier alpha value is -4.65. The van der Waals surface area contributed by atoms with Gasteiger partial charge in [-0.1, -0.05) is 78.9 Å². The topological polar surface area (TPSA) is 90.7 Å². The molecule has 0 spiro atoms.